The number of amides is 1. The fourth-order valence-electron chi connectivity index (χ4n) is 2.61. The molecule has 0 aliphatic rings. The number of hydrogen-bond acceptors (Lipinski definition) is 3. The van der Waals surface area contributed by atoms with Gasteiger partial charge in [0.2, 0.25) is 5.91 Å². The molecule has 0 unspecified atom stereocenters. The fourth-order valence-corrected chi connectivity index (χ4v) is 2.61. The summed E-state index contributed by atoms with van der Waals surface area (Å²) >= 11 is 0. The molecule has 2 aromatic rings. The molecule has 0 fully saturated rings. The number of aliphatic carboxylic acids is 1. The van der Waals surface area contributed by atoms with Crippen molar-refractivity contribution in [3.63, 3.8) is 0 Å². The number of carbonyl (C=O) groups is 2. The van der Waals surface area contributed by atoms with E-state index in [9.17, 15) is 14.7 Å². The number of carbonyl (C=O) groups excluding carboxylic acids is 1. The summed E-state index contributed by atoms with van der Waals surface area (Å²) in [6.45, 7) is 0.467. The minimum atomic E-state index is -0.961. The molecule has 0 aliphatic carbocycles. The van der Waals surface area contributed by atoms with Crippen molar-refractivity contribution in [2.45, 2.75) is 19.4 Å². The molecule has 5 heteroatoms. The molecule has 0 saturated heterocycles. The summed E-state index contributed by atoms with van der Waals surface area (Å²) in [5.74, 6) is -1.17. The molecular formula is C20H23NO4. The Morgan fingerprint density at radius 2 is 1.68 bits per heavy atom. The molecule has 25 heavy (non-hydrogen) atoms. The summed E-state index contributed by atoms with van der Waals surface area (Å²) in [5.41, 5.74) is 1.88. The third-order valence-electron chi connectivity index (χ3n) is 4.10. The number of benzene rings is 2. The molecule has 0 spiro atoms. The maximum Gasteiger partial charge on any atom is 0.307 e. The molecular weight excluding hydrogens is 318 g/mol. The van der Waals surface area contributed by atoms with Crippen LogP contribution in [0.4, 0.5) is 0 Å². The van der Waals surface area contributed by atoms with Crippen molar-refractivity contribution in [3.05, 3.63) is 65.7 Å². The van der Waals surface area contributed by atoms with Gasteiger partial charge in [-0.25, -0.2) is 0 Å². The predicted octanol–water partition coefficient (Wildman–Crippen LogP) is 2.99. The Hall–Kier alpha value is -2.82. The number of hydrogen-bond donors (Lipinski definition) is 1. The van der Waals surface area contributed by atoms with E-state index in [-0.39, 0.29) is 12.3 Å². The first-order valence-corrected chi connectivity index (χ1v) is 8.13. The van der Waals surface area contributed by atoms with Gasteiger partial charge in [-0.15, -0.1) is 0 Å². The molecule has 0 saturated carbocycles. The average molecular weight is 341 g/mol. The highest BCUT2D eigenvalue weighted by atomic mass is 16.5. The second-order valence-electron chi connectivity index (χ2n) is 6.03. The van der Waals surface area contributed by atoms with Gasteiger partial charge in [0, 0.05) is 20.0 Å². The Bertz CT molecular complexity index is 697. The van der Waals surface area contributed by atoms with Crippen LogP contribution in [0, 0.1) is 5.92 Å². The monoisotopic (exact) mass is 341 g/mol. The van der Waals surface area contributed by atoms with Gasteiger partial charge in [-0.1, -0.05) is 42.5 Å². The lowest BCUT2D eigenvalue weighted by molar-refractivity contribution is -0.145. The highest BCUT2D eigenvalue weighted by Crippen LogP contribution is 2.18. The van der Waals surface area contributed by atoms with Crippen LogP contribution in [0.3, 0.4) is 0 Å². The quantitative estimate of drug-likeness (QED) is 0.801. The lowest BCUT2D eigenvalue weighted by Crippen LogP contribution is -2.31. The van der Waals surface area contributed by atoms with Gasteiger partial charge in [0.05, 0.1) is 13.0 Å². The molecule has 2 rings (SSSR count). The number of nitrogens with zero attached hydrogens (tertiary/aromatic N) is 1. The second kappa shape index (κ2) is 8.87. The van der Waals surface area contributed by atoms with E-state index in [4.69, 9.17) is 4.74 Å². The van der Waals surface area contributed by atoms with Crippen LogP contribution < -0.4 is 4.74 Å². The van der Waals surface area contributed by atoms with E-state index < -0.39 is 11.9 Å². The number of carboxylic acid groups (broad SMARTS) is 1. The van der Waals surface area contributed by atoms with Crippen molar-refractivity contribution in [1.29, 1.82) is 0 Å². The van der Waals surface area contributed by atoms with Crippen LogP contribution in [0.25, 0.3) is 0 Å². The molecule has 1 N–H and O–H groups in total. The fraction of sp³-hybridized carbons (Fsp3) is 0.300. The van der Waals surface area contributed by atoms with Gasteiger partial charge >= 0.3 is 5.97 Å². The molecule has 0 aliphatic heterocycles. The smallest absolute Gasteiger partial charge is 0.307 e. The van der Waals surface area contributed by atoms with Crippen LogP contribution in [-0.2, 0) is 22.6 Å². The van der Waals surface area contributed by atoms with Crippen LogP contribution in [0.15, 0.2) is 54.6 Å². The van der Waals surface area contributed by atoms with Crippen LogP contribution in [0.5, 0.6) is 5.75 Å². The molecule has 132 valence electrons. The maximum atomic E-state index is 12.4. The lowest BCUT2D eigenvalue weighted by atomic mass is 9.95. The molecule has 0 aromatic heterocycles. The van der Waals surface area contributed by atoms with Gasteiger partial charge in [0.1, 0.15) is 5.75 Å². The van der Waals surface area contributed by atoms with Gasteiger partial charge in [-0.05, 0) is 29.7 Å². The third kappa shape index (κ3) is 5.64. The Morgan fingerprint density at radius 3 is 2.24 bits per heavy atom. The van der Waals surface area contributed by atoms with E-state index >= 15 is 0 Å². The summed E-state index contributed by atoms with van der Waals surface area (Å²) in [6, 6.07) is 16.9. The van der Waals surface area contributed by atoms with Crippen molar-refractivity contribution in [1.82, 2.24) is 4.90 Å². The third-order valence-corrected chi connectivity index (χ3v) is 4.10. The summed E-state index contributed by atoms with van der Waals surface area (Å²) in [6.07, 6.45) is 0.287. The van der Waals surface area contributed by atoms with Crippen molar-refractivity contribution in [2.75, 3.05) is 14.2 Å². The SMILES string of the molecule is COc1ccc(C[C@H](CC(=O)N(C)Cc2ccccc2)C(=O)O)cc1. The predicted molar refractivity (Wildman–Crippen MR) is 95.4 cm³/mol. The first-order valence-electron chi connectivity index (χ1n) is 8.13. The first-order chi connectivity index (χ1) is 12.0. The van der Waals surface area contributed by atoms with Crippen LogP contribution >= 0.6 is 0 Å². The Kier molecular flexibility index (Phi) is 6.57. The van der Waals surface area contributed by atoms with E-state index in [1.165, 1.54) is 0 Å². The Balaban J connectivity index is 1.97. The van der Waals surface area contributed by atoms with Crippen LogP contribution in [0.2, 0.25) is 0 Å². The van der Waals surface area contributed by atoms with Crippen molar-refractivity contribution in [3.8, 4) is 5.75 Å². The van der Waals surface area contributed by atoms with Gasteiger partial charge in [0.15, 0.2) is 0 Å². The molecule has 1 amide bonds. The van der Waals surface area contributed by atoms with Gasteiger partial charge < -0.3 is 14.7 Å². The zero-order valence-electron chi connectivity index (χ0n) is 14.5. The molecule has 5 nitrogen and oxygen atoms in total. The molecule has 1 atom stereocenters. The largest absolute Gasteiger partial charge is 0.497 e. The van der Waals surface area contributed by atoms with E-state index in [0.29, 0.717) is 18.7 Å². The van der Waals surface area contributed by atoms with Gasteiger partial charge in [-0.3, -0.25) is 9.59 Å². The van der Waals surface area contributed by atoms with Gasteiger partial charge in [0.25, 0.3) is 0 Å². The van der Waals surface area contributed by atoms with E-state index in [0.717, 1.165) is 11.1 Å². The topological polar surface area (TPSA) is 66.8 Å². The number of rotatable bonds is 8. The van der Waals surface area contributed by atoms with E-state index in [1.54, 1.807) is 31.2 Å². The standard InChI is InChI=1S/C20H23NO4/c1-21(14-16-6-4-3-5-7-16)19(22)13-17(20(23)24)12-15-8-10-18(25-2)11-9-15/h3-11,17H,12-14H2,1-2H3,(H,23,24)/t17-/m1/s1. The summed E-state index contributed by atoms with van der Waals surface area (Å²) in [7, 11) is 3.28. The lowest BCUT2D eigenvalue weighted by Gasteiger charge is -2.20. The normalized spacial score (nSPS) is 11.6. The minimum absolute atomic E-state index is 0.0231. The first kappa shape index (κ1) is 18.5. The number of methoxy groups -OCH3 is 1. The van der Waals surface area contributed by atoms with Crippen molar-refractivity contribution in [2.24, 2.45) is 5.92 Å². The minimum Gasteiger partial charge on any atom is -0.497 e. The van der Waals surface area contributed by atoms with E-state index in [2.05, 4.69) is 0 Å². The van der Waals surface area contributed by atoms with Crippen LogP contribution in [0.1, 0.15) is 17.5 Å². The Labute approximate surface area is 147 Å². The average Bonchev–Trinajstić information content (AvgIpc) is 2.62. The highest BCUT2D eigenvalue weighted by molar-refractivity contribution is 5.82. The maximum absolute atomic E-state index is 12.4. The van der Waals surface area contributed by atoms with Crippen molar-refractivity contribution >= 4 is 11.9 Å². The van der Waals surface area contributed by atoms with Crippen molar-refractivity contribution < 1.29 is 19.4 Å². The summed E-state index contributed by atoms with van der Waals surface area (Å²) in [5, 5.41) is 9.46. The van der Waals surface area contributed by atoms with Crippen LogP contribution in [-0.4, -0.2) is 36.0 Å². The molecule has 0 bridgehead atoms. The Morgan fingerprint density at radius 1 is 1.04 bits per heavy atom. The number of carboxylic acids is 1. The van der Waals surface area contributed by atoms with Gasteiger partial charge in [-0.2, -0.15) is 0 Å². The second-order valence-corrected chi connectivity index (χ2v) is 6.03. The molecule has 0 heterocycles. The zero-order chi connectivity index (χ0) is 18.2. The summed E-state index contributed by atoms with van der Waals surface area (Å²) in [4.78, 5) is 25.5. The highest BCUT2D eigenvalue weighted by Gasteiger charge is 2.23. The van der Waals surface area contributed by atoms with E-state index in [1.807, 2.05) is 42.5 Å². The molecule has 2 aromatic carbocycles. The molecule has 0 radical (unpaired) electrons. The number of ether oxygens (including phenoxy) is 1. The summed E-state index contributed by atoms with van der Waals surface area (Å²) < 4.78 is 5.10. The zero-order valence-corrected chi connectivity index (χ0v) is 14.5.